The second-order valence-electron chi connectivity index (χ2n) is 4.48. The molecular formula is C12H21N3S. The van der Waals surface area contributed by atoms with E-state index >= 15 is 0 Å². The highest BCUT2D eigenvalue weighted by molar-refractivity contribution is 7.07. The van der Waals surface area contributed by atoms with E-state index < -0.39 is 0 Å². The van der Waals surface area contributed by atoms with Crippen molar-refractivity contribution in [1.29, 1.82) is 0 Å². The Bertz CT molecular complexity index is 278. The van der Waals surface area contributed by atoms with Gasteiger partial charge in [-0.05, 0) is 38.9 Å². The number of hydrogen-bond acceptors (Lipinski definition) is 4. The third-order valence-corrected chi connectivity index (χ3v) is 3.82. The maximum atomic E-state index is 4.29. The van der Waals surface area contributed by atoms with Gasteiger partial charge in [-0.1, -0.05) is 6.92 Å². The summed E-state index contributed by atoms with van der Waals surface area (Å²) in [4.78, 5) is 6.86. The largest absolute Gasteiger partial charge is 0.308 e. The molecule has 1 fully saturated rings. The maximum Gasteiger partial charge on any atom is 0.0795 e. The van der Waals surface area contributed by atoms with Crippen LogP contribution in [0.4, 0.5) is 0 Å². The van der Waals surface area contributed by atoms with E-state index in [1.807, 2.05) is 5.51 Å². The predicted octanol–water partition coefficient (Wildman–Crippen LogP) is 2.11. The molecule has 0 radical (unpaired) electrons. The molecule has 0 aromatic carbocycles. The fourth-order valence-electron chi connectivity index (χ4n) is 2.25. The molecule has 16 heavy (non-hydrogen) atoms. The number of rotatable bonds is 5. The molecule has 0 spiro atoms. The first-order valence-electron chi connectivity index (χ1n) is 6.21. The fourth-order valence-corrected chi connectivity index (χ4v) is 2.81. The first-order chi connectivity index (χ1) is 7.88. The first-order valence-corrected chi connectivity index (χ1v) is 7.15. The van der Waals surface area contributed by atoms with E-state index in [4.69, 9.17) is 0 Å². The quantitative estimate of drug-likeness (QED) is 0.853. The molecule has 90 valence electrons. The number of hydrogen-bond donors (Lipinski definition) is 1. The van der Waals surface area contributed by atoms with Gasteiger partial charge in [-0.15, -0.1) is 11.3 Å². The van der Waals surface area contributed by atoms with Crippen LogP contribution < -0.4 is 5.32 Å². The molecule has 3 nitrogen and oxygen atoms in total. The van der Waals surface area contributed by atoms with Crippen molar-refractivity contribution in [3.8, 4) is 0 Å². The van der Waals surface area contributed by atoms with Gasteiger partial charge in [0.05, 0.1) is 11.2 Å². The average Bonchev–Trinajstić information content (AvgIpc) is 2.82. The van der Waals surface area contributed by atoms with Crippen LogP contribution in [-0.4, -0.2) is 35.6 Å². The van der Waals surface area contributed by atoms with Crippen LogP contribution in [0.25, 0.3) is 0 Å². The van der Waals surface area contributed by atoms with E-state index in [9.17, 15) is 0 Å². The molecule has 2 heterocycles. The topological polar surface area (TPSA) is 28.2 Å². The second-order valence-corrected chi connectivity index (χ2v) is 5.20. The van der Waals surface area contributed by atoms with Gasteiger partial charge in [0, 0.05) is 18.0 Å². The van der Waals surface area contributed by atoms with Crippen molar-refractivity contribution in [1.82, 2.24) is 15.2 Å². The molecule has 1 aliphatic rings. The zero-order chi connectivity index (χ0) is 11.2. The van der Waals surface area contributed by atoms with Crippen LogP contribution in [0, 0.1) is 0 Å². The number of likely N-dealkylation sites (tertiary alicyclic amines) is 1. The Morgan fingerprint density at radius 1 is 1.50 bits per heavy atom. The van der Waals surface area contributed by atoms with Crippen molar-refractivity contribution in [2.45, 2.75) is 38.8 Å². The second kappa shape index (κ2) is 6.33. The monoisotopic (exact) mass is 239 g/mol. The SMILES string of the molecule is CCCN1CCC(NCc2cscn2)CC1. The number of piperidine rings is 1. The summed E-state index contributed by atoms with van der Waals surface area (Å²) in [5.74, 6) is 0. The molecule has 0 atom stereocenters. The molecule has 1 saturated heterocycles. The molecule has 1 aliphatic heterocycles. The molecule has 0 amide bonds. The Morgan fingerprint density at radius 2 is 2.31 bits per heavy atom. The van der Waals surface area contributed by atoms with Gasteiger partial charge in [0.15, 0.2) is 0 Å². The van der Waals surface area contributed by atoms with Crippen LogP contribution in [-0.2, 0) is 6.54 Å². The lowest BCUT2D eigenvalue weighted by Gasteiger charge is -2.32. The van der Waals surface area contributed by atoms with E-state index in [1.165, 1.54) is 44.6 Å². The fraction of sp³-hybridized carbons (Fsp3) is 0.750. The van der Waals surface area contributed by atoms with Crippen LogP contribution in [0.5, 0.6) is 0 Å². The molecule has 0 bridgehead atoms. The predicted molar refractivity (Wildman–Crippen MR) is 68.7 cm³/mol. The van der Waals surface area contributed by atoms with E-state index in [0.717, 1.165) is 6.54 Å². The Labute approximate surface area is 102 Å². The molecule has 1 aromatic rings. The molecule has 2 rings (SSSR count). The van der Waals surface area contributed by atoms with Gasteiger partial charge < -0.3 is 10.2 Å². The zero-order valence-corrected chi connectivity index (χ0v) is 10.8. The number of nitrogens with zero attached hydrogens (tertiary/aromatic N) is 2. The molecule has 0 saturated carbocycles. The van der Waals surface area contributed by atoms with Gasteiger partial charge >= 0.3 is 0 Å². The summed E-state index contributed by atoms with van der Waals surface area (Å²) in [5, 5.41) is 5.73. The standard InChI is InChI=1S/C12H21N3S/c1-2-5-15-6-3-11(4-7-15)13-8-12-9-16-10-14-12/h9-11,13H,2-8H2,1H3. The minimum atomic E-state index is 0.690. The summed E-state index contributed by atoms with van der Waals surface area (Å²) in [6, 6.07) is 0.690. The summed E-state index contributed by atoms with van der Waals surface area (Å²) in [6.45, 7) is 6.96. The van der Waals surface area contributed by atoms with E-state index in [0.29, 0.717) is 6.04 Å². The molecule has 1 aromatic heterocycles. The summed E-state index contributed by atoms with van der Waals surface area (Å²) < 4.78 is 0. The highest BCUT2D eigenvalue weighted by atomic mass is 32.1. The lowest BCUT2D eigenvalue weighted by Crippen LogP contribution is -2.42. The van der Waals surface area contributed by atoms with E-state index in [2.05, 4.69) is 27.5 Å². The first kappa shape index (κ1) is 12.0. The van der Waals surface area contributed by atoms with Crippen LogP contribution >= 0.6 is 11.3 Å². The number of nitrogens with one attached hydrogen (secondary N) is 1. The zero-order valence-electron chi connectivity index (χ0n) is 9.98. The highest BCUT2D eigenvalue weighted by Gasteiger charge is 2.17. The van der Waals surface area contributed by atoms with Crippen molar-refractivity contribution in [3.05, 3.63) is 16.6 Å². The average molecular weight is 239 g/mol. The highest BCUT2D eigenvalue weighted by Crippen LogP contribution is 2.11. The van der Waals surface area contributed by atoms with Crippen molar-refractivity contribution >= 4 is 11.3 Å². The van der Waals surface area contributed by atoms with E-state index in [1.54, 1.807) is 11.3 Å². The lowest BCUT2D eigenvalue weighted by atomic mass is 10.0. The van der Waals surface area contributed by atoms with Gasteiger partial charge in [0.25, 0.3) is 0 Å². The van der Waals surface area contributed by atoms with Crippen molar-refractivity contribution in [2.24, 2.45) is 0 Å². The number of thiazole rings is 1. The van der Waals surface area contributed by atoms with Gasteiger partial charge in [-0.25, -0.2) is 4.98 Å². The van der Waals surface area contributed by atoms with Gasteiger partial charge in [-0.3, -0.25) is 0 Å². The summed E-state index contributed by atoms with van der Waals surface area (Å²) in [5.41, 5.74) is 3.09. The Hall–Kier alpha value is -0.450. The Balaban J connectivity index is 1.65. The van der Waals surface area contributed by atoms with Crippen LogP contribution in [0.1, 0.15) is 31.9 Å². The van der Waals surface area contributed by atoms with Crippen LogP contribution in [0.15, 0.2) is 10.9 Å². The Kier molecular flexibility index (Phi) is 4.75. The molecule has 4 heteroatoms. The van der Waals surface area contributed by atoms with Crippen molar-refractivity contribution < 1.29 is 0 Å². The third kappa shape index (κ3) is 3.54. The van der Waals surface area contributed by atoms with Gasteiger partial charge in [-0.2, -0.15) is 0 Å². The van der Waals surface area contributed by atoms with Gasteiger partial charge in [0.2, 0.25) is 0 Å². The molecular weight excluding hydrogens is 218 g/mol. The maximum absolute atomic E-state index is 4.29. The summed E-state index contributed by atoms with van der Waals surface area (Å²) in [7, 11) is 0. The van der Waals surface area contributed by atoms with E-state index in [-0.39, 0.29) is 0 Å². The normalized spacial score (nSPS) is 19.1. The van der Waals surface area contributed by atoms with Crippen molar-refractivity contribution in [2.75, 3.05) is 19.6 Å². The van der Waals surface area contributed by atoms with Crippen LogP contribution in [0.2, 0.25) is 0 Å². The summed E-state index contributed by atoms with van der Waals surface area (Å²) >= 11 is 1.67. The third-order valence-electron chi connectivity index (χ3n) is 3.18. The lowest BCUT2D eigenvalue weighted by molar-refractivity contribution is 0.197. The Morgan fingerprint density at radius 3 is 2.94 bits per heavy atom. The molecule has 0 unspecified atom stereocenters. The van der Waals surface area contributed by atoms with Crippen LogP contribution in [0.3, 0.4) is 0 Å². The minimum absolute atomic E-state index is 0.690. The molecule has 0 aliphatic carbocycles. The van der Waals surface area contributed by atoms with Gasteiger partial charge in [0.1, 0.15) is 0 Å². The molecule has 1 N–H and O–H groups in total. The summed E-state index contributed by atoms with van der Waals surface area (Å²) in [6.07, 6.45) is 3.84. The smallest absolute Gasteiger partial charge is 0.0795 e. The van der Waals surface area contributed by atoms with Crippen molar-refractivity contribution in [3.63, 3.8) is 0 Å². The minimum Gasteiger partial charge on any atom is -0.308 e. The number of aromatic nitrogens is 1.